The molecule has 1 aromatic carbocycles. The maximum atomic E-state index is 13.7. The topological polar surface area (TPSA) is 72.9 Å². The van der Waals surface area contributed by atoms with Crippen molar-refractivity contribution < 1.29 is 17.6 Å². The number of nitrogens with zero attached hydrogens (tertiary/aromatic N) is 5. The van der Waals surface area contributed by atoms with Gasteiger partial charge in [-0.2, -0.15) is 0 Å². The summed E-state index contributed by atoms with van der Waals surface area (Å²) in [6.07, 6.45) is -3.52. The lowest BCUT2D eigenvalue weighted by Crippen LogP contribution is -2.50. The lowest BCUT2D eigenvalue weighted by molar-refractivity contribution is 0.150. The first kappa shape index (κ1) is 18.1. The number of alkyl halides is 3. The second-order valence-corrected chi connectivity index (χ2v) is 7.47. The molecule has 3 heterocycles. The van der Waals surface area contributed by atoms with Crippen LogP contribution >= 0.6 is 11.3 Å². The van der Waals surface area contributed by atoms with E-state index in [1.165, 1.54) is 12.1 Å². The predicted octanol–water partition coefficient (Wildman–Crippen LogP) is 2.89. The van der Waals surface area contributed by atoms with Crippen molar-refractivity contribution in [2.24, 2.45) is 5.73 Å². The van der Waals surface area contributed by atoms with Crippen LogP contribution in [0.5, 0.6) is 0 Å². The number of anilines is 1. The molecule has 0 aliphatic carbocycles. The van der Waals surface area contributed by atoms with E-state index in [2.05, 4.69) is 15.2 Å². The van der Waals surface area contributed by atoms with Gasteiger partial charge in [-0.05, 0) is 18.6 Å². The van der Waals surface area contributed by atoms with Gasteiger partial charge in [0, 0.05) is 19.2 Å². The van der Waals surface area contributed by atoms with Crippen molar-refractivity contribution in [1.29, 1.82) is 0 Å². The number of imidazole rings is 1. The normalized spacial score (nSPS) is 20.7. The molecule has 2 aromatic heterocycles. The molecule has 3 aromatic rings. The van der Waals surface area contributed by atoms with Crippen molar-refractivity contribution in [3.63, 3.8) is 0 Å². The Balaban J connectivity index is 1.74. The molecule has 4 rings (SSSR count). The van der Waals surface area contributed by atoms with Crippen molar-refractivity contribution in [2.75, 3.05) is 18.0 Å². The lowest BCUT2D eigenvalue weighted by Gasteiger charge is -2.34. The molecule has 6 nitrogen and oxygen atoms in total. The van der Waals surface area contributed by atoms with Gasteiger partial charge < -0.3 is 15.2 Å². The van der Waals surface area contributed by atoms with Gasteiger partial charge in [0.05, 0.1) is 23.6 Å². The first-order valence-corrected chi connectivity index (χ1v) is 9.15. The molecule has 2 atom stereocenters. The van der Waals surface area contributed by atoms with Crippen LogP contribution in [0.2, 0.25) is 0 Å². The summed E-state index contributed by atoms with van der Waals surface area (Å²) in [5, 5.41) is 7.32. The number of nitrogens with two attached hydrogens (primary N) is 1. The highest BCUT2D eigenvalue weighted by molar-refractivity contribution is 7.11. The number of halogens is 4. The Morgan fingerprint density at radius 2 is 2.11 bits per heavy atom. The molecule has 1 fully saturated rings. The summed E-state index contributed by atoms with van der Waals surface area (Å²) in [6, 6.07) is 3.50. The first-order chi connectivity index (χ1) is 12.9. The smallest absolute Gasteiger partial charge is 0.291 e. The van der Waals surface area contributed by atoms with Crippen molar-refractivity contribution in [1.82, 2.24) is 19.7 Å². The molecular weight excluding hydrogens is 384 g/mol. The van der Waals surface area contributed by atoms with Crippen LogP contribution in [0.25, 0.3) is 11.0 Å². The molecule has 1 aliphatic rings. The molecule has 2 unspecified atom stereocenters. The SMILES string of the molecule is NC1CN(c2nc3cc(F)ccc3n2Cc2nnc(C(F)F)s2)CCC1F. The van der Waals surface area contributed by atoms with Gasteiger partial charge in [-0.15, -0.1) is 10.2 Å². The minimum Gasteiger partial charge on any atom is -0.340 e. The van der Waals surface area contributed by atoms with Crippen molar-refractivity contribution in [3.05, 3.63) is 34.0 Å². The number of rotatable bonds is 4. The van der Waals surface area contributed by atoms with Crippen LogP contribution in [0.1, 0.15) is 22.9 Å². The van der Waals surface area contributed by atoms with Gasteiger partial charge in [0.2, 0.25) is 5.95 Å². The molecule has 0 spiro atoms. The van der Waals surface area contributed by atoms with E-state index in [0.29, 0.717) is 28.5 Å². The van der Waals surface area contributed by atoms with Gasteiger partial charge in [-0.25, -0.2) is 22.5 Å². The number of benzene rings is 1. The number of aromatic nitrogens is 4. The largest absolute Gasteiger partial charge is 0.340 e. The van der Waals surface area contributed by atoms with E-state index < -0.39 is 24.5 Å². The average Bonchev–Trinajstić information content (AvgIpc) is 3.23. The molecular formula is C16H16F4N6S. The van der Waals surface area contributed by atoms with Gasteiger partial charge in [-0.3, -0.25) is 0 Å². The third-order valence-electron chi connectivity index (χ3n) is 4.51. The van der Waals surface area contributed by atoms with Crippen LogP contribution in [-0.4, -0.2) is 45.1 Å². The van der Waals surface area contributed by atoms with Gasteiger partial charge in [0.1, 0.15) is 17.0 Å². The summed E-state index contributed by atoms with van der Waals surface area (Å²) >= 11 is 0.809. The average molecular weight is 400 g/mol. The van der Waals surface area contributed by atoms with Crippen LogP contribution in [-0.2, 0) is 6.54 Å². The van der Waals surface area contributed by atoms with Crippen LogP contribution in [0.4, 0.5) is 23.5 Å². The van der Waals surface area contributed by atoms with Crippen LogP contribution in [0.3, 0.4) is 0 Å². The highest BCUT2D eigenvalue weighted by atomic mass is 32.1. The quantitative estimate of drug-likeness (QED) is 0.682. The zero-order chi connectivity index (χ0) is 19.1. The fourth-order valence-electron chi connectivity index (χ4n) is 3.18. The third-order valence-corrected chi connectivity index (χ3v) is 5.42. The van der Waals surface area contributed by atoms with Gasteiger partial charge in [-0.1, -0.05) is 11.3 Å². The van der Waals surface area contributed by atoms with Crippen molar-refractivity contribution in [3.8, 4) is 0 Å². The zero-order valence-electron chi connectivity index (χ0n) is 14.0. The lowest BCUT2D eigenvalue weighted by atomic mass is 10.1. The van der Waals surface area contributed by atoms with Gasteiger partial charge >= 0.3 is 0 Å². The first-order valence-electron chi connectivity index (χ1n) is 8.33. The molecule has 144 valence electrons. The van der Waals surface area contributed by atoms with Gasteiger partial charge in [0.25, 0.3) is 6.43 Å². The standard InChI is InChI=1S/C16H16F4N6S/c17-8-1-2-12-11(5-8)22-16(25-4-3-9(18)10(21)6-25)26(12)7-13-23-24-15(27-13)14(19)20/h1-2,5,9-10,14H,3-4,6-7,21H2. The summed E-state index contributed by atoms with van der Waals surface area (Å²) in [5.74, 6) is 0.0421. The van der Waals surface area contributed by atoms with E-state index >= 15 is 0 Å². The summed E-state index contributed by atoms with van der Waals surface area (Å²) in [5.41, 5.74) is 6.88. The molecule has 0 bridgehead atoms. The monoisotopic (exact) mass is 400 g/mol. The highest BCUT2D eigenvalue weighted by Crippen LogP contribution is 2.29. The maximum Gasteiger partial charge on any atom is 0.291 e. The molecule has 11 heteroatoms. The fraction of sp³-hybridized carbons (Fsp3) is 0.438. The van der Waals surface area contributed by atoms with Crippen LogP contribution in [0, 0.1) is 5.82 Å². The Hall–Kier alpha value is -2.27. The molecule has 1 aliphatic heterocycles. The van der Waals surface area contributed by atoms with E-state index in [9.17, 15) is 17.6 Å². The van der Waals surface area contributed by atoms with Crippen molar-refractivity contribution in [2.45, 2.75) is 31.6 Å². The Bertz CT molecular complexity index is 958. The molecule has 2 N–H and O–H groups in total. The minimum absolute atomic E-state index is 0.145. The van der Waals surface area contributed by atoms with Gasteiger partial charge in [0.15, 0.2) is 5.01 Å². The van der Waals surface area contributed by atoms with E-state index in [4.69, 9.17) is 5.73 Å². The number of piperidine rings is 1. The summed E-state index contributed by atoms with van der Waals surface area (Å²) in [6.45, 7) is 0.803. The molecule has 0 radical (unpaired) electrons. The fourth-order valence-corrected chi connectivity index (χ4v) is 3.86. The number of hydrogen-bond donors (Lipinski definition) is 1. The number of fused-ring (bicyclic) bond motifs is 1. The third kappa shape index (κ3) is 3.48. The highest BCUT2D eigenvalue weighted by Gasteiger charge is 2.29. The number of hydrogen-bond acceptors (Lipinski definition) is 6. The summed E-state index contributed by atoms with van der Waals surface area (Å²) in [4.78, 5) is 6.30. The Labute approximate surface area is 155 Å². The molecule has 0 saturated carbocycles. The van der Waals surface area contributed by atoms with E-state index in [0.717, 1.165) is 11.3 Å². The van der Waals surface area contributed by atoms with Crippen LogP contribution in [0.15, 0.2) is 18.2 Å². The minimum atomic E-state index is -2.69. The van der Waals surface area contributed by atoms with E-state index in [1.807, 2.05) is 4.90 Å². The Morgan fingerprint density at radius 3 is 2.81 bits per heavy atom. The van der Waals surface area contributed by atoms with Crippen LogP contribution < -0.4 is 10.6 Å². The second-order valence-electron chi connectivity index (χ2n) is 6.38. The molecule has 0 amide bonds. The molecule has 27 heavy (non-hydrogen) atoms. The summed E-state index contributed by atoms with van der Waals surface area (Å²) in [7, 11) is 0. The summed E-state index contributed by atoms with van der Waals surface area (Å²) < 4.78 is 54.7. The second kappa shape index (κ2) is 7.04. The Morgan fingerprint density at radius 1 is 1.30 bits per heavy atom. The molecule has 1 saturated heterocycles. The zero-order valence-corrected chi connectivity index (χ0v) is 14.8. The van der Waals surface area contributed by atoms with Crippen molar-refractivity contribution >= 4 is 28.3 Å². The van der Waals surface area contributed by atoms with E-state index in [-0.39, 0.29) is 24.5 Å². The Kier molecular flexibility index (Phi) is 4.72. The maximum absolute atomic E-state index is 13.7. The van der Waals surface area contributed by atoms with E-state index in [1.54, 1.807) is 10.6 Å². The predicted molar refractivity (Wildman–Crippen MR) is 93.4 cm³/mol.